The van der Waals surface area contributed by atoms with E-state index in [1.807, 2.05) is 4.90 Å². The van der Waals surface area contributed by atoms with E-state index >= 15 is 0 Å². The number of nitrogens with zero attached hydrogens (tertiary/aromatic N) is 2. The zero-order chi connectivity index (χ0) is 14.4. The number of hydrogen-bond acceptors (Lipinski definition) is 4. The molecule has 20 heavy (non-hydrogen) atoms. The number of carbonyl (C=O) groups excluding carboxylic acids is 1. The van der Waals surface area contributed by atoms with Crippen molar-refractivity contribution in [2.45, 2.75) is 44.6 Å². The van der Waals surface area contributed by atoms with E-state index in [2.05, 4.69) is 4.90 Å². The molecule has 1 aliphatic carbocycles. The molecule has 1 amide bonds. The number of aliphatic hydroxyl groups excluding tert-OH is 1. The molecule has 0 aromatic heterocycles. The molecule has 0 radical (unpaired) electrons. The van der Waals surface area contributed by atoms with Crippen LogP contribution < -0.4 is 5.73 Å². The lowest BCUT2D eigenvalue weighted by Crippen LogP contribution is -2.53. The lowest BCUT2D eigenvalue weighted by Gasteiger charge is -2.36. The Labute approximate surface area is 122 Å². The molecule has 0 spiro atoms. The van der Waals surface area contributed by atoms with Gasteiger partial charge in [-0.2, -0.15) is 0 Å². The van der Waals surface area contributed by atoms with Gasteiger partial charge in [-0.25, -0.2) is 0 Å². The second-order valence-corrected chi connectivity index (χ2v) is 6.24. The quantitative estimate of drug-likeness (QED) is 0.767. The van der Waals surface area contributed by atoms with Gasteiger partial charge < -0.3 is 15.7 Å². The fourth-order valence-corrected chi connectivity index (χ4v) is 3.45. The highest BCUT2D eigenvalue weighted by Crippen LogP contribution is 2.27. The van der Waals surface area contributed by atoms with E-state index in [1.54, 1.807) is 0 Å². The van der Waals surface area contributed by atoms with Gasteiger partial charge in [-0.05, 0) is 12.3 Å². The summed E-state index contributed by atoms with van der Waals surface area (Å²) in [5.74, 6) is 0.776. The van der Waals surface area contributed by atoms with E-state index in [0.29, 0.717) is 12.5 Å². The van der Waals surface area contributed by atoms with Gasteiger partial charge in [-0.3, -0.25) is 9.69 Å². The van der Waals surface area contributed by atoms with Crippen LogP contribution in [0.15, 0.2) is 0 Å². The lowest BCUT2D eigenvalue weighted by atomic mass is 9.84. The topological polar surface area (TPSA) is 69.8 Å². The first kappa shape index (κ1) is 15.7. The molecule has 116 valence electrons. The summed E-state index contributed by atoms with van der Waals surface area (Å²) in [6, 6.07) is -0.317. The van der Waals surface area contributed by atoms with Crippen LogP contribution in [0.1, 0.15) is 38.5 Å². The van der Waals surface area contributed by atoms with Crippen LogP contribution in [0.25, 0.3) is 0 Å². The fourth-order valence-electron chi connectivity index (χ4n) is 3.45. The number of aliphatic hydroxyl groups is 1. The van der Waals surface area contributed by atoms with E-state index in [-0.39, 0.29) is 18.6 Å². The summed E-state index contributed by atoms with van der Waals surface area (Å²) in [7, 11) is 0. The summed E-state index contributed by atoms with van der Waals surface area (Å²) in [5.41, 5.74) is 6.13. The van der Waals surface area contributed by atoms with Crippen molar-refractivity contribution >= 4 is 5.91 Å². The predicted octanol–water partition coefficient (Wildman–Crippen LogP) is 0.421. The van der Waals surface area contributed by atoms with Crippen LogP contribution in [-0.2, 0) is 4.79 Å². The zero-order valence-electron chi connectivity index (χ0n) is 12.5. The van der Waals surface area contributed by atoms with Crippen molar-refractivity contribution < 1.29 is 9.90 Å². The standard InChI is InChI=1S/C15H29N3O2/c16-14(12-13-4-2-1-3-5-13)15(20)18-8-6-17(7-9-18)10-11-19/h13-14,19H,1-12,16H2. The van der Waals surface area contributed by atoms with E-state index < -0.39 is 0 Å². The van der Waals surface area contributed by atoms with Crippen LogP contribution in [0.3, 0.4) is 0 Å². The largest absolute Gasteiger partial charge is 0.395 e. The summed E-state index contributed by atoms with van der Waals surface area (Å²) >= 11 is 0. The molecule has 1 atom stereocenters. The minimum Gasteiger partial charge on any atom is -0.395 e. The number of hydrogen-bond donors (Lipinski definition) is 2. The molecule has 0 aromatic carbocycles. The average Bonchev–Trinajstić information content (AvgIpc) is 2.48. The van der Waals surface area contributed by atoms with Gasteiger partial charge in [0, 0.05) is 32.7 Å². The van der Waals surface area contributed by atoms with Crippen molar-refractivity contribution in [3.63, 3.8) is 0 Å². The molecule has 2 fully saturated rings. The first-order chi connectivity index (χ1) is 9.70. The monoisotopic (exact) mass is 283 g/mol. The third kappa shape index (κ3) is 4.43. The van der Waals surface area contributed by atoms with E-state index in [9.17, 15) is 4.79 Å². The summed E-state index contributed by atoms with van der Waals surface area (Å²) in [5, 5.41) is 8.92. The number of nitrogens with two attached hydrogens (primary N) is 1. The van der Waals surface area contributed by atoms with Crippen LogP contribution in [-0.4, -0.2) is 66.2 Å². The van der Waals surface area contributed by atoms with Gasteiger partial charge in [0.2, 0.25) is 5.91 Å². The molecule has 1 saturated heterocycles. The highest BCUT2D eigenvalue weighted by Gasteiger charge is 2.27. The van der Waals surface area contributed by atoms with Gasteiger partial charge >= 0.3 is 0 Å². The highest BCUT2D eigenvalue weighted by atomic mass is 16.3. The molecule has 1 heterocycles. The maximum atomic E-state index is 12.4. The van der Waals surface area contributed by atoms with Gasteiger partial charge in [0.15, 0.2) is 0 Å². The molecular weight excluding hydrogens is 254 g/mol. The number of carbonyl (C=O) groups is 1. The summed E-state index contributed by atoms with van der Waals surface area (Å²) in [4.78, 5) is 16.5. The Hall–Kier alpha value is -0.650. The Bertz CT molecular complexity index is 297. The van der Waals surface area contributed by atoms with Crippen molar-refractivity contribution in [3.05, 3.63) is 0 Å². The molecule has 0 aromatic rings. The predicted molar refractivity (Wildman–Crippen MR) is 79.3 cm³/mol. The SMILES string of the molecule is NC(CC1CCCCC1)C(=O)N1CCN(CCO)CC1. The molecule has 0 bridgehead atoms. The summed E-state index contributed by atoms with van der Waals surface area (Å²) < 4.78 is 0. The third-order valence-corrected chi connectivity index (χ3v) is 4.73. The second-order valence-electron chi connectivity index (χ2n) is 6.24. The minimum absolute atomic E-state index is 0.124. The molecule has 2 aliphatic rings. The van der Waals surface area contributed by atoms with Crippen LogP contribution in [0.5, 0.6) is 0 Å². The molecule has 2 rings (SSSR count). The van der Waals surface area contributed by atoms with Gasteiger partial charge in [-0.15, -0.1) is 0 Å². The fraction of sp³-hybridized carbons (Fsp3) is 0.933. The second kappa shape index (κ2) is 7.96. The van der Waals surface area contributed by atoms with Crippen LogP contribution in [0.2, 0.25) is 0 Å². The van der Waals surface area contributed by atoms with Gasteiger partial charge in [0.25, 0.3) is 0 Å². The van der Waals surface area contributed by atoms with Crippen molar-refractivity contribution in [1.29, 1.82) is 0 Å². The Morgan fingerprint density at radius 2 is 1.80 bits per heavy atom. The Morgan fingerprint density at radius 3 is 2.40 bits per heavy atom. The molecule has 1 unspecified atom stereocenters. The van der Waals surface area contributed by atoms with E-state index in [0.717, 1.165) is 32.6 Å². The van der Waals surface area contributed by atoms with Crippen molar-refractivity contribution in [1.82, 2.24) is 9.80 Å². The molecule has 1 saturated carbocycles. The molecule has 3 N–H and O–H groups in total. The van der Waals surface area contributed by atoms with Crippen LogP contribution >= 0.6 is 0 Å². The smallest absolute Gasteiger partial charge is 0.239 e. The van der Waals surface area contributed by atoms with Crippen molar-refractivity contribution in [3.8, 4) is 0 Å². The number of rotatable bonds is 5. The first-order valence-electron chi connectivity index (χ1n) is 8.08. The maximum absolute atomic E-state index is 12.4. The molecule has 5 heteroatoms. The normalized spacial score (nSPS) is 23.8. The number of β-amino-alcohol motifs (C(OH)–C–C–N with tert-alkyl or cyclic N) is 1. The van der Waals surface area contributed by atoms with E-state index in [4.69, 9.17) is 10.8 Å². The Kier molecular flexibility index (Phi) is 6.26. The first-order valence-corrected chi connectivity index (χ1v) is 8.08. The number of amides is 1. The van der Waals surface area contributed by atoms with Crippen molar-refractivity contribution in [2.75, 3.05) is 39.3 Å². The Balaban J connectivity index is 1.73. The van der Waals surface area contributed by atoms with Gasteiger partial charge in [-0.1, -0.05) is 32.1 Å². The average molecular weight is 283 g/mol. The van der Waals surface area contributed by atoms with Crippen LogP contribution in [0.4, 0.5) is 0 Å². The van der Waals surface area contributed by atoms with Gasteiger partial charge in [0.1, 0.15) is 0 Å². The highest BCUT2D eigenvalue weighted by molar-refractivity contribution is 5.81. The minimum atomic E-state index is -0.317. The van der Waals surface area contributed by atoms with Crippen LogP contribution in [0, 0.1) is 5.92 Å². The van der Waals surface area contributed by atoms with Gasteiger partial charge in [0.05, 0.1) is 12.6 Å². The number of piperazine rings is 1. The van der Waals surface area contributed by atoms with E-state index in [1.165, 1.54) is 32.1 Å². The maximum Gasteiger partial charge on any atom is 0.239 e. The molecular formula is C15H29N3O2. The zero-order valence-corrected chi connectivity index (χ0v) is 12.5. The summed E-state index contributed by atoms with van der Waals surface area (Å²) in [6.07, 6.45) is 7.27. The molecule has 1 aliphatic heterocycles. The van der Waals surface area contributed by atoms with Crippen molar-refractivity contribution in [2.24, 2.45) is 11.7 Å². The summed E-state index contributed by atoms with van der Waals surface area (Å²) in [6.45, 7) is 4.09. The lowest BCUT2D eigenvalue weighted by molar-refractivity contribution is -0.134. The third-order valence-electron chi connectivity index (χ3n) is 4.73. The Morgan fingerprint density at radius 1 is 1.15 bits per heavy atom. The molecule has 5 nitrogen and oxygen atoms in total.